The number of halogens is 2. The predicted octanol–water partition coefficient (Wildman–Crippen LogP) is 4.89. The SMILES string of the molecule is O=C1N(CC(O)Cn2c3ccc(F)cc3c3cc(F)ccc32)CCCN1C1CCCCC1. The quantitative estimate of drug-likeness (QED) is 0.613. The zero-order valence-corrected chi connectivity index (χ0v) is 18.1. The fourth-order valence-corrected chi connectivity index (χ4v) is 5.47. The Morgan fingerprint density at radius 3 is 2.12 bits per heavy atom. The van der Waals surface area contributed by atoms with E-state index in [4.69, 9.17) is 0 Å². The molecular weight excluding hydrogens is 412 g/mol. The second-order valence-electron chi connectivity index (χ2n) is 9.15. The Morgan fingerprint density at radius 1 is 0.875 bits per heavy atom. The van der Waals surface area contributed by atoms with Crippen molar-refractivity contribution in [3.63, 3.8) is 0 Å². The number of β-amino-alcohol motifs (C(OH)–C–C–N with tert-alkyl or cyclic N) is 1. The second kappa shape index (κ2) is 8.70. The van der Waals surface area contributed by atoms with Crippen LogP contribution in [0.2, 0.25) is 0 Å². The number of rotatable bonds is 5. The molecule has 1 aliphatic carbocycles. The molecule has 5 nitrogen and oxygen atoms in total. The van der Waals surface area contributed by atoms with Crippen LogP contribution >= 0.6 is 0 Å². The maximum absolute atomic E-state index is 13.9. The third kappa shape index (κ3) is 3.94. The van der Waals surface area contributed by atoms with Crippen LogP contribution in [0.4, 0.5) is 13.6 Å². The molecule has 1 aromatic heterocycles. The number of hydrogen-bond acceptors (Lipinski definition) is 2. The minimum absolute atomic E-state index is 0.0218. The number of aromatic nitrogens is 1. The standard InChI is InChI=1S/C25H29F2N3O2/c26-17-7-9-23-21(13-17)22-14-18(27)8-10-24(22)30(23)16-20(31)15-28-11-4-12-29(25(28)32)19-5-2-1-3-6-19/h7-10,13-14,19-20,31H,1-6,11-12,15-16H2. The van der Waals surface area contributed by atoms with Crippen LogP contribution in [0.1, 0.15) is 38.5 Å². The van der Waals surface area contributed by atoms with Crippen molar-refractivity contribution in [1.82, 2.24) is 14.4 Å². The Hall–Kier alpha value is -2.67. The van der Waals surface area contributed by atoms with Gasteiger partial charge in [-0.25, -0.2) is 13.6 Å². The minimum Gasteiger partial charge on any atom is -0.389 e. The highest BCUT2D eigenvalue weighted by atomic mass is 19.1. The molecule has 3 aromatic rings. The molecule has 1 aliphatic heterocycles. The topological polar surface area (TPSA) is 48.7 Å². The molecule has 0 spiro atoms. The number of amides is 2. The second-order valence-corrected chi connectivity index (χ2v) is 9.15. The number of carbonyl (C=O) groups is 1. The van der Waals surface area contributed by atoms with Gasteiger partial charge in [0, 0.05) is 40.9 Å². The first-order valence-corrected chi connectivity index (χ1v) is 11.6. The number of carbonyl (C=O) groups excluding carboxylic acids is 1. The van der Waals surface area contributed by atoms with Crippen LogP contribution in [0, 0.1) is 11.6 Å². The van der Waals surface area contributed by atoms with Crippen LogP contribution in [0.25, 0.3) is 21.8 Å². The van der Waals surface area contributed by atoms with E-state index in [2.05, 4.69) is 0 Å². The van der Waals surface area contributed by atoms with Crippen LogP contribution in [-0.4, -0.2) is 57.3 Å². The lowest BCUT2D eigenvalue weighted by molar-refractivity contribution is 0.0628. The molecular formula is C25H29F2N3O2. The lowest BCUT2D eigenvalue weighted by atomic mass is 9.94. The van der Waals surface area contributed by atoms with Gasteiger partial charge in [-0.3, -0.25) is 0 Å². The summed E-state index contributed by atoms with van der Waals surface area (Å²) in [6, 6.07) is 9.20. The van der Waals surface area contributed by atoms with Gasteiger partial charge >= 0.3 is 6.03 Å². The van der Waals surface area contributed by atoms with Gasteiger partial charge in [-0.15, -0.1) is 0 Å². The van der Waals surface area contributed by atoms with Crippen molar-refractivity contribution in [2.45, 2.75) is 57.2 Å². The van der Waals surface area contributed by atoms with Crippen LogP contribution in [0.5, 0.6) is 0 Å². The highest BCUT2D eigenvalue weighted by Crippen LogP contribution is 2.31. The van der Waals surface area contributed by atoms with E-state index >= 15 is 0 Å². The molecule has 170 valence electrons. The first kappa shape index (κ1) is 21.2. The predicted molar refractivity (Wildman–Crippen MR) is 121 cm³/mol. The highest BCUT2D eigenvalue weighted by molar-refractivity contribution is 6.08. The Bertz CT molecular complexity index is 1080. The summed E-state index contributed by atoms with van der Waals surface area (Å²) in [6.45, 7) is 1.92. The van der Waals surface area contributed by atoms with Crippen molar-refractivity contribution in [3.8, 4) is 0 Å². The zero-order chi connectivity index (χ0) is 22.2. The summed E-state index contributed by atoms with van der Waals surface area (Å²) in [5, 5.41) is 12.2. The molecule has 0 bridgehead atoms. The van der Waals surface area contributed by atoms with Crippen molar-refractivity contribution in [2.24, 2.45) is 0 Å². The average Bonchev–Trinajstić information content (AvgIpc) is 3.07. The molecule has 5 rings (SSSR count). The minimum atomic E-state index is -0.792. The zero-order valence-electron chi connectivity index (χ0n) is 18.1. The van der Waals surface area contributed by atoms with Gasteiger partial charge in [-0.05, 0) is 55.7 Å². The van der Waals surface area contributed by atoms with Gasteiger partial charge in [-0.1, -0.05) is 19.3 Å². The van der Waals surface area contributed by atoms with Crippen molar-refractivity contribution in [2.75, 3.05) is 19.6 Å². The number of aliphatic hydroxyl groups excluding tert-OH is 1. The Morgan fingerprint density at radius 2 is 1.50 bits per heavy atom. The van der Waals surface area contributed by atoms with E-state index in [1.54, 1.807) is 17.0 Å². The normalized spacial score (nSPS) is 19.3. The first-order valence-electron chi connectivity index (χ1n) is 11.6. The Kier molecular flexibility index (Phi) is 5.76. The fourth-order valence-electron chi connectivity index (χ4n) is 5.47. The first-order chi connectivity index (χ1) is 15.5. The van der Waals surface area contributed by atoms with Gasteiger partial charge in [-0.2, -0.15) is 0 Å². The van der Waals surface area contributed by atoms with Crippen LogP contribution in [0.15, 0.2) is 36.4 Å². The van der Waals surface area contributed by atoms with Crippen LogP contribution in [0.3, 0.4) is 0 Å². The molecule has 7 heteroatoms. The summed E-state index contributed by atoms with van der Waals surface area (Å²) in [5.41, 5.74) is 1.47. The summed E-state index contributed by atoms with van der Waals surface area (Å²) in [5.74, 6) is -0.772. The van der Waals surface area contributed by atoms with E-state index in [1.165, 1.54) is 43.5 Å². The molecule has 2 fully saturated rings. The average molecular weight is 442 g/mol. The molecule has 2 aliphatic rings. The maximum atomic E-state index is 13.9. The molecule has 1 saturated carbocycles. The molecule has 32 heavy (non-hydrogen) atoms. The van der Waals surface area contributed by atoms with Crippen molar-refractivity contribution in [3.05, 3.63) is 48.0 Å². The maximum Gasteiger partial charge on any atom is 0.320 e. The van der Waals surface area contributed by atoms with Crippen LogP contribution < -0.4 is 0 Å². The number of nitrogens with zero attached hydrogens (tertiary/aromatic N) is 3. The number of hydrogen-bond donors (Lipinski definition) is 1. The van der Waals surface area contributed by atoms with Gasteiger partial charge in [0.1, 0.15) is 11.6 Å². The molecule has 2 amide bonds. The van der Waals surface area contributed by atoms with Crippen LogP contribution in [-0.2, 0) is 6.54 Å². The summed E-state index contributed by atoms with van der Waals surface area (Å²) in [7, 11) is 0. The number of aliphatic hydroxyl groups is 1. The number of fused-ring (bicyclic) bond motifs is 3. The van der Waals surface area contributed by atoms with Gasteiger partial charge in [0.2, 0.25) is 0 Å². The number of urea groups is 1. The van der Waals surface area contributed by atoms with Crippen molar-refractivity contribution >= 4 is 27.8 Å². The van der Waals surface area contributed by atoms with E-state index in [0.717, 1.165) is 36.8 Å². The number of benzene rings is 2. The third-order valence-corrected chi connectivity index (χ3v) is 6.97. The molecule has 0 radical (unpaired) electrons. The Balaban J connectivity index is 1.36. The van der Waals surface area contributed by atoms with Gasteiger partial charge < -0.3 is 19.5 Å². The van der Waals surface area contributed by atoms with E-state index in [0.29, 0.717) is 23.4 Å². The summed E-state index contributed by atoms with van der Waals surface area (Å²) < 4.78 is 29.6. The summed E-state index contributed by atoms with van der Waals surface area (Å²) >= 11 is 0. The lowest BCUT2D eigenvalue weighted by Crippen LogP contribution is -2.55. The van der Waals surface area contributed by atoms with E-state index < -0.39 is 6.10 Å². The summed E-state index contributed by atoms with van der Waals surface area (Å²) in [4.78, 5) is 16.9. The van der Waals surface area contributed by atoms with Crippen molar-refractivity contribution < 1.29 is 18.7 Å². The molecule has 2 aromatic carbocycles. The van der Waals surface area contributed by atoms with Gasteiger partial charge in [0.25, 0.3) is 0 Å². The van der Waals surface area contributed by atoms with Crippen molar-refractivity contribution in [1.29, 1.82) is 0 Å². The Labute approximate surface area is 186 Å². The fraction of sp³-hybridized carbons (Fsp3) is 0.480. The van der Waals surface area contributed by atoms with Gasteiger partial charge in [0.05, 0.1) is 19.2 Å². The third-order valence-electron chi connectivity index (χ3n) is 6.97. The highest BCUT2D eigenvalue weighted by Gasteiger charge is 2.32. The molecule has 1 saturated heterocycles. The monoisotopic (exact) mass is 441 g/mol. The smallest absolute Gasteiger partial charge is 0.320 e. The molecule has 1 N–H and O–H groups in total. The largest absolute Gasteiger partial charge is 0.389 e. The van der Waals surface area contributed by atoms with Gasteiger partial charge in [0.15, 0.2) is 0 Å². The van der Waals surface area contributed by atoms with E-state index in [-0.39, 0.29) is 30.8 Å². The lowest BCUT2D eigenvalue weighted by Gasteiger charge is -2.42. The van der Waals surface area contributed by atoms with E-state index in [9.17, 15) is 18.7 Å². The molecule has 1 atom stereocenters. The molecule has 2 heterocycles. The van der Waals surface area contributed by atoms with E-state index in [1.807, 2.05) is 9.47 Å². The molecule has 1 unspecified atom stereocenters. The summed E-state index contributed by atoms with van der Waals surface area (Å²) in [6.07, 6.45) is 5.83.